The van der Waals surface area contributed by atoms with Crippen LogP contribution in [-0.2, 0) is 29.4 Å². The number of carboxylic acids is 1. The first-order chi connectivity index (χ1) is 18.1. The minimum absolute atomic E-state index is 0.00402. The molecule has 0 fully saturated rings. The molecule has 0 aliphatic carbocycles. The molecule has 5 N–H and O–H groups in total. The number of hydrogen-bond donors (Lipinski definition) is 4. The number of aryl methyl sites for hydroxylation is 1. The van der Waals surface area contributed by atoms with Crippen LogP contribution in [0.2, 0.25) is 5.02 Å². The van der Waals surface area contributed by atoms with Crippen LogP contribution >= 0.6 is 11.6 Å². The normalized spacial score (nSPS) is 11.4. The van der Waals surface area contributed by atoms with Gasteiger partial charge in [0.1, 0.15) is 5.82 Å². The number of fused-ring (bicyclic) bond motifs is 1. The summed E-state index contributed by atoms with van der Waals surface area (Å²) >= 11 is 6.20. The molecule has 4 aromatic rings. The zero-order valence-corrected chi connectivity index (χ0v) is 22.0. The SMILES string of the molecule is CCc1nc2cc(C(=O)O)c(Cl)cc2n1-c1ccc(CCNC(=O)NS(=O)(=O)c2ccc(CN)cc2)cc1. The molecule has 12 heteroatoms. The summed E-state index contributed by atoms with van der Waals surface area (Å²) in [5.41, 5.74) is 9.27. The van der Waals surface area contributed by atoms with E-state index in [2.05, 4.69) is 10.3 Å². The van der Waals surface area contributed by atoms with Gasteiger partial charge in [-0.1, -0.05) is 42.8 Å². The number of hydrogen-bond acceptors (Lipinski definition) is 6. The lowest BCUT2D eigenvalue weighted by Crippen LogP contribution is -2.40. The van der Waals surface area contributed by atoms with Gasteiger partial charge in [-0.3, -0.25) is 4.57 Å². The molecule has 1 aromatic heterocycles. The van der Waals surface area contributed by atoms with Gasteiger partial charge in [0.05, 0.1) is 26.5 Å². The molecule has 4 rings (SSSR count). The molecule has 0 radical (unpaired) electrons. The molecule has 2 amide bonds. The molecule has 0 aliphatic rings. The highest BCUT2D eigenvalue weighted by Crippen LogP contribution is 2.28. The van der Waals surface area contributed by atoms with Crippen molar-refractivity contribution in [1.82, 2.24) is 19.6 Å². The van der Waals surface area contributed by atoms with Crippen LogP contribution in [-0.4, -0.2) is 41.6 Å². The molecule has 198 valence electrons. The number of aromatic nitrogens is 2. The van der Waals surface area contributed by atoms with Crippen LogP contribution in [0.3, 0.4) is 0 Å². The highest BCUT2D eigenvalue weighted by molar-refractivity contribution is 7.90. The highest BCUT2D eigenvalue weighted by Gasteiger charge is 2.18. The summed E-state index contributed by atoms with van der Waals surface area (Å²) < 4.78 is 28.7. The van der Waals surface area contributed by atoms with Crippen molar-refractivity contribution < 1.29 is 23.1 Å². The summed E-state index contributed by atoms with van der Waals surface area (Å²) in [6, 6.07) is 15.8. The van der Waals surface area contributed by atoms with E-state index in [0.29, 0.717) is 23.9 Å². The molecular formula is C26H26ClN5O5S. The van der Waals surface area contributed by atoms with E-state index >= 15 is 0 Å². The third-order valence-electron chi connectivity index (χ3n) is 5.95. The lowest BCUT2D eigenvalue weighted by Gasteiger charge is -2.11. The summed E-state index contributed by atoms with van der Waals surface area (Å²) in [7, 11) is -4.00. The molecule has 3 aromatic carbocycles. The van der Waals surface area contributed by atoms with Crippen LogP contribution < -0.4 is 15.8 Å². The molecule has 10 nitrogen and oxygen atoms in total. The van der Waals surface area contributed by atoms with Crippen LogP contribution in [0.15, 0.2) is 65.6 Å². The van der Waals surface area contributed by atoms with Gasteiger partial charge in [0.2, 0.25) is 0 Å². The van der Waals surface area contributed by atoms with Gasteiger partial charge in [0.25, 0.3) is 10.0 Å². The van der Waals surface area contributed by atoms with E-state index in [1.807, 2.05) is 40.5 Å². The Hall–Kier alpha value is -3.93. The Morgan fingerprint density at radius 3 is 2.32 bits per heavy atom. The first-order valence-corrected chi connectivity index (χ1v) is 13.6. The molecule has 0 aliphatic heterocycles. The topological polar surface area (TPSA) is 156 Å². The van der Waals surface area contributed by atoms with E-state index in [4.69, 9.17) is 17.3 Å². The summed E-state index contributed by atoms with van der Waals surface area (Å²) in [6.45, 7) is 2.46. The van der Waals surface area contributed by atoms with Crippen molar-refractivity contribution in [2.24, 2.45) is 5.73 Å². The second-order valence-electron chi connectivity index (χ2n) is 8.47. The number of sulfonamides is 1. The summed E-state index contributed by atoms with van der Waals surface area (Å²) in [4.78, 5) is 28.1. The van der Waals surface area contributed by atoms with Gasteiger partial charge >= 0.3 is 12.0 Å². The average molecular weight is 556 g/mol. The van der Waals surface area contributed by atoms with E-state index in [9.17, 15) is 23.1 Å². The number of rotatable bonds is 9. The van der Waals surface area contributed by atoms with E-state index in [-0.39, 0.29) is 28.6 Å². The van der Waals surface area contributed by atoms with Crippen molar-refractivity contribution in [2.45, 2.75) is 31.2 Å². The molecule has 1 heterocycles. The number of halogens is 1. The summed E-state index contributed by atoms with van der Waals surface area (Å²) in [6.07, 6.45) is 1.09. The number of aromatic carboxylic acids is 1. The Labute approximate surface area is 224 Å². The molecular weight excluding hydrogens is 530 g/mol. The molecule has 0 bridgehead atoms. The molecule has 0 saturated heterocycles. The average Bonchev–Trinajstić information content (AvgIpc) is 3.25. The Kier molecular flexibility index (Phi) is 8.00. The lowest BCUT2D eigenvalue weighted by molar-refractivity contribution is 0.0697. The maximum Gasteiger partial charge on any atom is 0.337 e. The number of benzene rings is 3. The van der Waals surface area contributed by atoms with Crippen LogP contribution in [0.25, 0.3) is 16.7 Å². The zero-order valence-electron chi connectivity index (χ0n) is 20.4. The number of urea groups is 1. The van der Waals surface area contributed by atoms with Gasteiger partial charge in [-0.25, -0.2) is 27.7 Å². The van der Waals surface area contributed by atoms with Crippen LogP contribution in [0.5, 0.6) is 0 Å². The maximum atomic E-state index is 12.4. The molecule has 0 spiro atoms. The predicted molar refractivity (Wildman–Crippen MR) is 144 cm³/mol. The number of carbonyl (C=O) groups is 2. The fourth-order valence-corrected chi connectivity index (χ4v) is 5.16. The van der Waals surface area contributed by atoms with E-state index in [0.717, 1.165) is 22.6 Å². The first-order valence-electron chi connectivity index (χ1n) is 11.8. The van der Waals surface area contributed by atoms with Gasteiger partial charge in [-0.2, -0.15) is 0 Å². The summed E-state index contributed by atoms with van der Waals surface area (Å²) in [5, 5.41) is 12.0. The predicted octanol–water partition coefficient (Wildman–Crippen LogP) is 3.63. The zero-order chi connectivity index (χ0) is 27.4. The largest absolute Gasteiger partial charge is 0.478 e. The maximum absolute atomic E-state index is 12.4. The smallest absolute Gasteiger partial charge is 0.337 e. The van der Waals surface area contributed by atoms with E-state index in [1.165, 1.54) is 18.2 Å². The van der Waals surface area contributed by atoms with Crippen molar-refractivity contribution in [1.29, 1.82) is 0 Å². The molecule has 0 unspecified atom stereocenters. The summed E-state index contributed by atoms with van der Waals surface area (Å²) in [5.74, 6) is -0.363. The molecule has 0 atom stereocenters. The Balaban J connectivity index is 1.41. The minimum Gasteiger partial charge on any atom is -0.478 e. The number of nitrogens with zero attached hydrogens (tertiary/aromatic N) is 2. The second kappa shape index (κ2) is 11.2. The van der Waals surface area contributed by atoms with Gasteiger partial charge in [0, 0.05) is 25.2 Å². The third-order valence-corrected chi connectivity index (χ3v) is 7.61. The van der Waals surface area contributed by atoms with Crippen molar-refractivity contribution in [2.75, 3.05) is 6.54 Å². The number of imidazole rings is 1. The van der Waals surface area contributed by atoms with Gasteiger partial charge in [0.15, 0.2) is 0 Å². The number of nitrogens with two attached hydrogens (primary N) is 1. The van der Waals surface area contributed by atoms with Gasteiger partial charge in [-0.05, 0) is 53.9 Å². The highest BCUT2D eigenvalue weighted by atomic mass is 35.5. The van der Waals surface area contributed by atoms with Crippen molar-refractivity contribution >= 4 is 44.7 Å². The number of nitrogens with one attached hydrogen (secondary N) is 2. The van der Waals surface area contributed by atoms with Crippen LogP contribution in [0, 0.1) is 0 Å². The van der Waals surface area contributed by atoms with Crippen molar-refractivity contribution in [3.8, 4) is 5.69 Å². The molecule has 38 heavy (non-hydrogen) atoms. The monoisotopic (exact) mass is 555 g/mol. The van der Waals surface area contributed by atoms with Crippen LogP contribution in [0.1, 0.15) is 34.2 Å². The van der Waals surface area contributed by atoms with Crippen LogP contribution in [0.4, 0.5) is 4.79 Å². The number of carboxylic acid groups (broad SMARTS) is 1. The number of carbonyl (C=O) groups excluding carboxylic acids is 1. The fourth-order valence-electron chi connectivity index (χ4n) is 3.99. The fraction of sp³-hybridized carbons (Fsp3) is 0.192. The Morgan fingerprint density at radius 2 is 1.71 bits per heavy atom. The van der Waals surface area contributed by atoms with E-state index in [1.54, 1.807) is 18.2 Å². The van der Waals surface area contributed by atoms with Crippen molar-refractivity contribution in [3.05, 3.63) is 88.2 Å². The quantitative estimate of drug-likeness (QED) is 0.245. The first kappa shape index (κ1) is 27.1. The third kappa shape index (κ3) is 5.80. The van der Waals surface area contributed by atoms with Gasteiger partial charge < -0.3 is 16.2 Å². The standard InChI is InChI=1S/C26H26ClN5O5S/c1-2-24-30-22-13-20(25(33)34)21(27)14-23(22)32(24)18-7-3-16(4-8-18)11-12-29-26(35)31-38(36,37)19-9-5-17(15-28)6-10-19/h3-10,13-14H,2,11-12,15,28H2,1H3,(H,33,34)(H2,29,31,35). The molecule has 0 saturated carbocycles. The van der Waals surface area contributed by atoms with Gasteiger partial charge in [-0.15, -0.1) is 0 Å². The van der Waals surface area contributed by atoms with E-state index < -0.39 is 22.0 Å². The van der Waals surface area contributed by atoms with Crippen molar-refractivity contribution in [3.63, 3.8) is 0 Å². The number of amides is 2. The Morgan fingerprint density at radius 1 is 1.05 bits per heavy atom. The Bertz CT molecular complexity index is 1600. The second-order valence-corrected chi connectivity index (χ2v) is 10.6. The lowest BCUT2D eigenvalue weighted by atomic mass is 10.1. The minimum atomic E-state index is -4.00.